The van der Waals surface area contributed by atoms with Crippen molar-refractivity contribution in [2.24, 2.45) is 5.73 Å². The van der Waals surface area contributed by atoms with Gasteiger partial charge in [0.05, 0.1) is 11.2 Å². The predicted molar refractivity (Wildman–Crippen MR) is 68.8 cm³/mol. The molecule has 0 aliphatic carbocycles. The van der Waals surface area contributed by atoms with Crippen molar-refractivity contribution in [1.29, 1.82) is 0 Å². The molecule has 16 heavy (non-hydrogen) atoms. The number of benzene rings is 1. The fourth-order valence-corrected chi connectivity index (χ4v) is 2.15. The summed E-state index contributed by atoms with van der Waals surface area (Å²) in [6, 6.07) is 5.87. The topological polar surface area (TPSA) is 38.9 Å². The maximum atomic E-state index is 6.05. The van der Waals surface area contributed by atoms with Gasteiger partial charge in [-0.3, -0.25) is 4.98 Å². The van der Waals surface area contributed by atoms with Gasteiger partial charge in [-0.15, -0.1) is 0 Å². The Kier molecular flexibility index (Phi) is 2.87. The lowest BCUT2D eigenvalue weighted by Crippen LogP contribution is -2.08. The van der Waals surface area contributed by atoms with E-state index in [0.29, 0.717) is 0 Å². The summed E-state index contributed by atoms with van der Waals surface area (Å²) >= 11 is 6.05. The lowest BCUT2D eigenvalue weighted by atomic mass is 10.0. The van der Waals surface area contributed by atoms with Crippen molar-refractivity contribution in [2.75, 3.05) is 0 Å². The van der Waals surface area contributed by atoms with E-state index in [1.807, 2.05) is 32.0 Å². The van der Waals surface area contributed by atoms with E-state index in [4.69, 9.17) is 17.3 Å². The summed E-state index contributed by atoms with van der Waals surface area (Å²) in [7, 11) is 0. The number of nitrogens with two attached hydrogens (primary N) is 1. The fourth-order valence-electron chi connectivity index (χ4n) is 1.88. The molecule has 2 rings (SSSR count). The minimum atomic E-state index is -0.0434. The molecule has 0 radical (unpaired) electrons. The maximum Gasteiger partial charge on any atom is 0.0738 e. The minimum Gasteiger partial charge on any atom is -0.323 e. The van der Waals surface area contributed by atoms with E-state index < -0.39 is 0 Å². The summed E-state index contributed by atoms with van der Waals surface area (Å²) in [5.74, 6) is 0. The number of pyridine rings is 1. The maximum absolute atomic E-state index is 6.05. The highest BCUT2D eigenvalue weighted by Gasteiger charge is 2.08. The molecule has 1 atom stereocenters. The first-order chi connectivity index (χ1) is 7.49. The van der Waals surface area contributed by atoms with Gasteiger partial charge in [-0.1, -0.05) is 11.6 Å². The van der Waals surface area contributed by atoms with Crippen LogP contribution in [0.3, 0.4) is 0 Å². The Morgan fingerprint density at radius 1 is 1.19 bits per heavy atom. The Morgan fingerprint density at radius 3 is 2.50 bits per heavy atom. The van der Waals surface area contributed by atoms with Crippen molar-refractivity contribution < 1.29 is 0 Å². The molecule has 1 aromatic carbocycles. The van der Waals surface area contributed by atoms with Crippen LogP contribution in [0.5, 0.6) is 0 Å². The summed E-state index contributed by atoms with van der Waals surface area (Å²) in [5.41, 5.74) is 10.0. The number of hydrogen-bond acceptors (Lipinski definition) is 2. The van der Waals surface area contributed by atoms with E-state index >= 15 is 0 Å². The minimum absolute atomic E-state index is 0.0434. The van der Waals surface area contributed by atoms with E-state index in [1.54, 1.807) is 0 Å². The van der Waals surface area contributed by atoms with Crippen LogP contribution in [0.25, 0.3) is 10.9 Å². The first kappa shape index (κ1) is 11.4. The number of rotatable bonds is 1. The number of aromatic nitrogens is 1. The van der Waals surface area contributed by atoms with Gasteiger partial charge in [-0.05, 0) is 50.1 Å². The summed E-state index contributed by atoms with van der Waals surface area (Å²) < 4.78 is 0. The molecule has 2 nitrogen and oxygen atoms in total. The number of aryl methyl sites for hydroxylation is 2. The van der Waals surface area contributed by atoms with Crippen LogP contribution in [-0.2, 0) is 0 Å². The van der Waals surface area contributed by atoms with Gasteiger partial charge >= 0.3 is 0 Å². The van der Waals surface area contributed by atoms with Crippen LogP contribution < -0.4 is 5.73 Å². The monoisotopic (exact) mass is 234 g/mol. The molecule has 0 saturated heterocycles. The quantitative estimate of drug-likeness (QED) is 0.820. The van der Waals surface area contributed by atoms with Crippen LogP contribution in [0.2, 0.25) is 5.02 Å². The smallest absolute Gasteiger partial charge is 0.0738 e. The number of hydrogen-bond donors (Lipinski definition) is 1. The first-order valence-electron chi connectivity index (χ1n) is 5.32. The fraction of sp³-hybridized carbons (Fsp3) is 0.308. The van der Waals surface area contributed by atoms with Crippen molar-refractivity contribution in [3.05, 3.63) is 40.0 Å². The van der Waals surface area contributed by atoms with E-state index in [0.717, 1.165) is 27.2 Å². The molecule has 1 heterocycles. The predicted octanol–water partition coefficient (Wildman–Crippen LogP) is 3.52. The highest BCUT2D eigenvalue weighted by Crippen LogP contribution is 2.26. The van der Waals surface area contributed by atoms with E-state index in [9.17, 15) is 0 Å². The third-order valence-electron chi connectivity index (χ3n) is 2.76. The molecule has 3 heteroatoms. The molecule has 0 aliphatic heterocycles. The van der Waals surface area contributed by atoms with Crippen LogP contribution in [0, 0.1) is 13.8 Å². The first-order valence-corrected chi connectivity index (χ1v) is 5.70. The number of nitrogens with zero attached hydrogens (tertiary/aromatic N) is 1. The molecule has 0 amide bonds. The molecule has 0 saturated carbocycles. The Balaban J connectivity index is 2.82. The average molecular weight is 235 g/mol. The van der Waals surface area contributed by atoms with Gasteiger partial charge in [0.1, 0.15) is 0 Å². The summed E-state index contributed by atoms with van der Waals surface area (Å²) in [5, 5.41) is 1.86. The second-order valence-corrected chi connectivity index (χ2v) is 4.71. The largest absolute Gasteiger partial charge is 0.323 e. The van der Waals surface area contributed by atoms with Gasteiger partial charge in [-0.2, -0.15) is 0 Å². The van der Waals surface area contributed by atoms with Crippen LogP contribution in [-0.4, -0.2) is 4.98 Å². The molecular formula is C13H15ClN2. The van der Waals surface area contributed by atoms with Crippen LogP contribution >= 0.6 is 11.6 Å². The van der Waals surface area contributed by atoms with Crippen LogP contribution in [0.4, 0.5) is 0 Å². The molecule has 0 aliphatic rings. The molecule has 84 valence electrons. The summed E-state index contributed by atoms with van der Waals surface area (Å²) in [4.78, 5) is 4.59. The molecule has 0 bridgehead atoms. The third-order valence-corrected chi connectivity index (χ3v) is 2.98. The molecule has 1 aromatic heterocycles. The number of fused-ring (bicyclic) bond motifs is 1. The molecule has 2 N–H and O–H groups in total. The number of halogens is 1. The van der Waals surface area contributed by atoms with Gasteiger partial charge in [0.15, 0.2) is 0 Å². The summed E-state index contributed by atoms with van der Waals surface area (Å²) in [6.07, 6.45) is 0. The Morgan fingerprint density at radius 2 is 1.88 bits per heavy atom. The van der Waals surface area contributed by atoms with Crippen molar-refractivity contribution in [3.8, 4) is 0 Å². The van der Waals surface area contributed by atoms with Crippen LogP contribution in [0.15, 0.2) is 18.2 Å². The van der Waals surface area contributed by atoms with Crippen LogP contribution in [0.1, 0.15) is 29.8 Å². The van der Waals surface area contributed by atoms with Gasteiger partial charge in [0.2, 0.25) is 0 Å². The Labute approximate surface area is 100 Å². The van der Waals surface area contributed by atoms with E-state index in [-0.39, 0.29) is 6.04 Å². The highest BCUT2D eigenvalue weighted by atomic mass is 35.5. The lowest BCUT2D eigenvalue weighted by Gasteiger charge is -2.11. The Hall–Kier alpha value is -1.12. The third kappa shape index (κ3) is 1.91. The van der Waals surface area contributed by atoms with Gasteiger partial charge in [0.25, 0.3) is 0 Å². The second kappa shape index (κ2) is 4.04. The van der Waals surface area contributed by atoms with Gasteiger partial charge in [-0.25, -0.2) is 0 Å². The molecular weight excluding hydrogens is 220 g/mol. The van der Waals surface area contributed by atoms with Crippen molar-refractivity contribution in [2.45, 2.75) is 26.8 Å². The van der Waals surface area contributed by atoms with E-state index in [2.05, 4.69) is 11.9 Å². The van der Waals surface area contributed by atoms with Gasteiger partial charge in [0, 0.05) is 16.5 Å². The van der Waals surface area contributed by atoms with E-state index in [1.165, 1.54) is 5.56 Å². The van der Waals surface area contributed by atoms with Crippen molar-refractivity contribution in [1.82, 2.24) is 4.98 Å². The SMILES string of the molecule is Cc1cc(C(C)N)nc2c(C)cc(Cl)cc12. The zero-order valence-corrected chi connectivity index (χ0v) is 10.5. The average Bonchev–Trinajstić information content (AvgIpc) is 2.19. The molecule has 0 spiro atoms. The molecule has 1 unspecified atom stereocenters. The molecule has 2 aromatic rings. The second-order valence-electron chi connectivity index (χ2n) is 4.27. The Bertz CT molecular complexity index is 547. The summed E-state index contributed by atoms with van der Waals surface area (Å²) in [6.45, 7) is 6.02. The van der Waals surface area contributed by atoms with Gasteiger partial charge < -0.3 is 5.73 Å². The van der Waals surface area contributed by atoms with Crippen molar-refractivity contribution in [3.63, 3.8) is 0 Å². The molecule has 0 fully saturated rings. The zero-order valence-electron chi connectivity index (χ0n) is 9.71. The highest BCUT2D eigenvalue weighted by molar-refractivity contribution is 6.31. The zero-order chi connectivity index (χ0) is 11.9. The lowest BCUT2D eigenvalue weighted by molar-refractivity contribution is 0.785. The van der Waals surface area contributed by atoms with Crippen molar-refractivity contribution >= 4 is 22.5 Å². The standard InChI is InChI=1S/C13H15ClN2/c1-7-5-12(9(3)15)16-13-8(2)4-10(14)6-11(7)13/h4-6,9H,15H2,1-3H3. The normalized spacial score (nSPS) is 13.1.